The van der Waals surface area contributed by atoms with Crippen LogP contribution < -0.4 is 5.32 Å². The van der Waals surface area contributed by atoms with Crippen LogP contribution >= 0.6 is 11.3 Å². The molecule has 6 heteroatoms. The Kier molecular flexibility index (Phi) is 4.09. The molecule has 0 atom stereocenters. The lowest BCUT2D eigenvalue weighted by molar-refractivity contribution is 0.101. The molecule has 0 saturated heterocycles. The van der Waals surface area contributed by atoms with Crippen molar-refractivity contribution in [3.8, 4) is 17.4 Å². The number of carbonyl (C=O) groups excluding carboxylic acids is 1. The van der Waals surface area contributed by atoms with Crippen LogP contribution in [-0.4, -0.2) is 11.1 Å². The van der Waals surface area contributed by atoms with Crippen molar-refractivity contribution >= 4 is 22.2 Å². The fourth-order valence-electron chi connectivity index (χ4n) is 3.52. The number of anilines is 1. The molecule has 0 bridgehead atoms. The van der Waals surface area contributed by atoms with E-state index >= 15 is 0 Å². The highest BCUT2D eigenvalue weighted by molar-refractivity contribution is 7.16. The summed E-state index contributed by atoms with van der Waals surface area (Å²) < 4.78 is 5.51. The van der Waals surface area contributed by atoms with Crippen molar-refractivity contribution in [2.75, 3.05) is 5.32 Å². The monoisotopic (exact) mass is 363 g/mol. The molecular weight excluding hydrogens is 346 g/mol. The van der Waals surface area contributed by atoms with Gasteiger partial charge in [-0.15, -0.1) is 11.3 Å². The maximum atomic E-state index is 12.8. The summed E-state index contributed by atoms with van der Waals surface area (Å²) in [5.41, 5.74) is 4.88. The molecular formula is C20H17N3O2S. The highest BCUT2D eigenvalue weighted by Gasteiger charge is 2.28. The number of hydrogen-bond donors (Lipinski definition) is 1. The minimum Gasteiger partial charge on any atom is -0.355 e. The second-order valence-corrected chi connectivity index (χ2v) is 7.48. The number of benzene rings is 1. The highest BCUT2D eigenvalue weighted by Crippen LogP contribution is 2.36. The number of carbonyl (C=O) groups is 1. The van der Waals surface area contributed by atoms with Crippen molar-refractivity contribution in [2.45, 2.75) is 33.1 Å². The van der Waals surface area contributed by atoms with E-state index in [1.54, 1.807) is 0 Å². The van der Waals surface area contributed by atoms with Crippen LogP contribution in [0.1, 0.15) is 44.5 Å². The number of aryl methyl sites for hydroxylation is 2. The van der Waals surface area contributed by atoms with Gasteiger partial charge >= 0.3 is 0 Å². The van der Waals surface area contributed by atoms with E-state index in [0.29, 0.717) is 28.4 Å². The van der Waals surface area contributed by atoms with Crippen molar-refractivity contribution in [1.82, 2.24) is 5.16 Å². The van der Waals surface area contributed by atoms with Crippen molar-refractivity contribution in [1.29, 1.82) is 5.26 Å². The van der Waals surface area contributed by atoms with Gasteiger partial charge in [-0.2, -0.15) is 5.26 Å². The first-order valence-electron chi connectivity index (χ1n) is 8.54. The lowest BCUT2D eigenvalue weighted by atomic mass is 9.89. The smallest absolute Gasteiger partial charge is 0.278 e. The molecule has 3 aromatic rings. The Morgan fingerprint density at radius 3 is 2.96 bits per heavy atom. The second kappa shape index (κ2) is 6.43. The lowest BCUT2D eigenvalue weighted by Gasteiger charge is -2.14. The van der Waals surface area contributed by atoms with Gasteiger partial charge in [0.05, 0.1) is 5.56 Å². The maximum absolute atomic E-state index is 12.8. The third-order valence-corrected chi connectivity index (χ3v) is 5.87. The van der Waals surface area contributed by atoms with E-state index in [1.165, 1.54) is 16.9 Å². The zero-order valence-corrected chi connectivity index (χ0v) is 15.4. The molecule has 2 aromatic heterocycles. The fraction of sp³-hybridized carbons (Fsp3) is 0.250. The second-order valence-electron chi connectivity index (χ2n) is 6.26. The van der Waals surface area contributed by atoms with Crippen LogP contribution in [-0.2, 0) is 19.3 Å². The highest BCUT2D eigenvalue weighted by atomic mass is 32.1. The molecule has 26 heavy (non-hydrogen) atoms. The third kappa shape index (κ3) is 2.52. The number of hydrogen-bond acceptors (Lipinski definition) is 5. The number of nitrogens with one attached hydrogen (secondary N) is 1. The molecule has 0 saturated carbocycles. The van der Waals surface area contributed by atoms with Gasteiger partial charge in [-0.3, -0.25) is 4.79 Å². The first-order valence-corrected chi connectivity index (χ1v) is 9.36. The third-order valence-electron chi connectivity index (χ3n) is 4.81. The van der Waals surface area contributed by atoms with Crippen LogP contribution in [0.5, 0.6) is 0 Å². The van der Waals surface area contributed by atoms with Gasteiger partial charge in [-0.1, -0.05) is 36.3 Å². The van der Waals surface area contributed by atoms with E-state index in [9.17, 15) is 10.1 Å². The number of thiophene rings is 1. The van der Waals surface area contributed by atoms with Gasteiger partial charge in [0.1, 0.15) is 11.1 Å². The van der Waals surface area contributed by atoms with Crippen molar-refractivity contribution in [2.24, 2.45) is 0 Å². The molecule has 2 heterocycles. The molecule has 0 aliphatic heterocycles. The van der Waals surface area contributed by atoms with Gasteiger partial charge in [0, 0.05) is 16.0 Å². The number of nitrogens with zero attached hydrogens (tertiary/aromatic N) is 2. The molecule has 0 radical (unpaired) electrons. The van der Waals surface area contributed by atoms with Crippen LogP contribution in [0.25, 0.3) is 11.3 Å². The average Bonchev–Trinajstić information content (AvgIpc) is 3.22. The van der Waals surface area contributed by atoms with Crippen LogP contribution in [0.4, 0.5) is 5.00 Å². The van der Waals surface area contributed by atoms with Gasteiger partial charge < -0.3 is 9.84 Å². The number of rotatable bonds is 3. The van der Waals surface area contributed by atoms with E-state index < -0.39 is 0 Å². The minimum absolute atomic E-state index is 0.308. The van der Waals surface area contributed by atoms with E-state index in [0.717, 1.165) is 34.4 Å². The summed E-state index contributed by atoms with van der Waals surface area (Å²) in [6.07, 6.45) is 2.33. The molecule has 130 valence electrons. The van der Waals surface area contributed by atoms with Crippen molar-refractivity contribution < 1.29 is 9.32 Å². The predicted molar refractivity (Wildman–Crippen MR) is 100 cm³/mol. The Labute approximate surface area is 155 Å². The molecule has 0 unspecified atom stereocenters. The SMILES string of the molecule is CCc1c(C)sc(NC(=O)c2noc3c2CCc2ccccc2-3)c1C#N. The van der Waals surface area contributed by atoms with Crippen molar-refractivity contribution in [3.05, 3.63) is 57.1 Å². The molecule has 0 spiro atoms. The Morgan fingerprint density at radius 2 is 2.19 bits per heavy atom. The predicted octanol–water partition coefficient (Wildman–Crippen LogP) is 4.50. The van der Waals surface area contributed by atoms with E-state index in [-0.39, 0.29) is 5.91 Å². The van der Waals surface area contributed by atoms with Gasteiger partial charge in [0.15, 0.2) is 11.5 Å². The summed E-state index contributed by atoms with van der Waals surface area (Å²) in [5.74, 6) is 0.351. The molecule has 4 rings (SSSR count). The summed E-state index contributed by atoms with van der Waals surface area (Å²) in [4.78, 5) is 13.9. The van der Waals surface area contributed by atoms with E-state index in [1.807, 2.05) is 32.0 Å². The first-order chi connectivity index (χ1) is 12.6. The average molecular weight is 363 g/mol. The molecule has 5 nitrogen and oxygen atoms in total. The maximum Gasteiger partial charge on any atom is 0.278 e. The van der Waals surface area contributed by atoms with Gasteiger partial charge in [0.2, 0.25) is 0 Å². The van der Waals surface area contributed by atoms with Gasteiger partial charge in [-0.25, -0.2) is 0 Å². The molecule has 1 aliphatic rings. The van der Waals surface area contributed by atoms with Gasteiger partial charge in [-0.05, 0) is 37.3 Å². The largest absolute Gasteiger partial charge is 0.355 e. The Bertz CT molecular complexity index is 1060. The summed E-state index contributed by atoms with van der Waals surface area (Å²) in [6.45, 7) is 3.97. The number of fused-ring (bicyclic) bond motifs is 3. The zero-order valence-electron chi connectivity index (χ0n) is 14.5. The molecule has 1 aromatic carbocycles. The topological polar surface area (TPSA) is 78.9 Å². The minimum atomic E-state index is -0.324. The standard InChI is InChI=1S/C20H17N3O2S/c1-3-13-11(2)26-20(16(13)10-21)22-19(24)17-15-9-8-12-6-4-5-7-14(12)18(15)25-23-17/h4-7H,3,8-9H2,1-2H3,(H,22,24). The summed E-state index contributed by atoms with van der Waals surface area (Å²) in [7, 11) is 0. The van der Waals surface area contributed by atoms with Crippen LogP contribution in [0.2, 0.25) is 0 Å². The molecule has 1 amide bonds. The number of aromatic nitrogens is 1. The molecule has 0 fully saturated rings. The summed E-state index contributed by atoms with van der Waals surface area (Å²) >= 11 is 1.43. The van der Waals surface area contributed by atoms with Crippen LogP contribution in [0.15, 0.2) is 28.8 Å². The number of amides is 1. The number of nitriles is 1. The Morgan fingerprint density at radius 1 is 1.38 bits per heavy atom. The normalized spacial score (nSPS) is 12.2. The van der Waals surface area contributed by atoms with Gasteiger partial charge in [0.25, 0.3) is 5.91 Å². The Balaban J connectivity index is 1.68. The Hall–Kier alpha value is -2.91. The van der Waals surface area contributed by atoms with Crippen molar-refractivity contribution in [3.63, 3.8) is 0 Å². The van der Waals surface area contributed by atoms with E-state index in [4.69, 9.17) is 4.52 Å². The summed E-state index contributed by atoms with van der Waals surface area (Å²) in [6, 6.07) is 10.2. The summed E-state index contributed by atoms with van der Waals surface area (Å²) in [5, 5.41) is 16.9. The quantitative estimate of drug-likeness (QED) is 0.743. The zero-order chi connectivity index (χ0) is 18.3. The molecule has 1 N–H and O–H groups in total. The fourth-order valence-corrected chi connectivity index (χ4v) is 4.61. The van der Waals surface area contributed by atoms with Crippen LogP contribution in [0.3, 0.4) is 0 Å². The van der Waals surface area contributed by atoms with E-state index in [2.05, 4.69) is 22.6 Å². The van der Waals surface area contributed by atoms with Crippen LogP contribution in [0, 0.1) is 18.3 Å². The molecule has 1 aliphatic carbocycles. The first kappa shape index (κ1) is 16.6. The lowest BCUT2D eigenvalue weighted by Crippen LogP contribution is -2.15.